The van der Waals surface area contributed by atoms with Crippen LogP contribution in [0.1, 0.15) is 6.92 Å². The third kappa shape index (κ3) is 5.22. The number of nitro benzene ring substituents is 1. The van der Waals surface area contributed by atoms with Crippen LogP contribution in [-0.4, -0.2) is 54.4 Å². The van der Waals surface area contributed by atoms with Gasteiger partial charge in [0, 0.05) is 45.2 Å². The van der Waals surface area contributed by atoms with Crippen molar-refractivity contribution in [2.75, 3.05) is 43.0 Å². The molecule has 1 heterocycles. The molecule has 2 aromatic carbocycles. The van der Waals surface area contributed by atoms with Crippen molar-refractivity contribution in [2.24, 2.45) is 0 Å². The molecular weight excluding hydrogens is 376 g/mol. The van der Waals surface area contributed by atoms with Gasteiger partial charge in [0.1, 0.15) is 5.75 Å². The van der Waals surface area contributed by atoms with Gasteiger partial charge >= 0.3 is 0 Å². The minimum Gasteiger partial charge on any atom is -0.484 e. The van der Waals surface area contributed by atoms with Crippen molar-refractivity contribution in [3.8, 4) is 5.75 Å². The molecule has 0 saturated carbocycles. The summed E-state index contributed by atoms with van der Waals surface area (Å²) in [5.74, 6) is 0.104. The van der Waals surface area contributed by atoms with Gasteiger partial charge in [-0.15, -0.1) is 0 Å². The molecule has 9 nitrogen and oxygen atoms in total. The van der Waals surface area contributed by atoms with Gasteiger partial charge < -0.3 is 19.9 Å². The van der Waals surface area contributed by atoms with Crippen LogP contribution in [0.25, 0.3) is 0 Å². The molecule has 1 fully saturated rings. The van der Waals surface area contributed by atoms with E-state index in [1.165, 1.54) is 24.3 Å². The quantitative estimate of drug-likeness (QED) is 0.591. The first-order chi connectivity index (χ1) is 13.9. The molecule has 2 aromatic rings. The van der Waals surface area contributed by atoms with Crippen LogP contribution < -0.4 is 15.0 Å². The Morgan fingerprint density at radius 2 is 1.72 bits per heavy atom. The van der Waals surface area contributed by atoms with Crippen LogP contribution in [0.15, 0.2) is 48.5 Å². The lowest BCUT2D eigenvalue weighted by molar-refractivity contribution is -0.384. The van der Waals surface area contributed by atoms with Crippen molar-refractivity contribution in [1.29, 1.82) is 0 Å². The molecule has 0 spiro atoms. The van der Waals surface area contributed by atoms with Gasteiger partial charge in [-0.1, -0.05) is 12.1 Å². The number of carbonyl (C=O) groups excluding carboxylic acids is 2. The fourth-order valence-electron chi connectivity index (χ4n) is 3.12. The van der Waals surface area contributed by atoms with Crippen LogP contribution in [0.5, 0.6) is 5.75 Å². The predicted octanol–water partition coefficient (Wildman–Crippen LogP) is 2.28. The van der Waals surface area contributed by atoms with Crippen molar-refractivity contribution >= 4 is 28.9 Å². The second-order valence-corrected chi connectivity index (χ2v) is 6.60. The number of benzene rings is 2. The van der Waals surface area contributed by atoms with E-state index in [-0.39, 0.29) is 24.1 Å². The first-order valence-corrected chi connectivity index (χ1v) is 9.20. The maximum absolute atomic E-state index is 12.3. The molecule has 0 aromatic heterocycles. The highest BCUT2D eigenvalue weighted by molar-refractivity contribution is 5.95. The number of nitrogens with one attached hydrogen (secondary N) is 1. The van der Waals surface area contributed by atoms with Gasteiger partial charge in [0.05, 0.1) is 16.3 Å². The number of carbonyl (C=O) groups is 2. The highest BCUT2D eigenvalue weighted by Crippen LogP contribution is 2.26. The van der Waals surface area contributed by atoms with Crippen LogP contribution in [0, 0.1) is 10.1 Å². The van der Waals surface area contributed by atoms with Crippen LogP contribution in [-0.2, 0) is 9.59 Å². The summed E-state index contributed by atoms with van der Waals surface area (Å²) < 4.78 is 5.41. The molecule has 2 amide bonds. The van der Waals surface area contributed by atoms with Crippen molar-refractivity contribution in [3.63, 3.8) is 0 Å². The van der Waals surface area contributed by atoms with Gasteiger partial charge in [-0.05, 0) is 24.3 Å². The molecule has 1 aliphatic heterocycles. The van der Waals surface area contributed by atoms with E-state index in [9.17, 15) is 19.7 Å². The molecule has 1 N–H and O–H groups in total. The summed E-state index contributed by atoms with van der Waals surface area (Å²) in [5, 5.41) is 13.5. The maximum Gasteiger partial charge on any atom is 0.269 e. The average Bonchev–Trinajstić information content (AvgIpc) is 2.73. The summed E-state index contributed by atoms with van der Waals surface area (Å²) in [7, 11) is 0. The van der Waals surface area contributed by atoms with Crippen molar-refractivity contribution < 1.29 is 19.2 Å². The van der Waals surface area contributed by atoms with E-state index in [1.807, 2.05) is 24.3 Å². The number of piperazine rings is 1. The number of ether oxygens (including phenoxy) is 1. The van der Waals surface area contributed by atoms with Gasteiger partial charge in [-0.3, -0.25) is 19.7 Å². The molecule has 0 unspecified atom stereocenters. The largest absolute Gasteiger partial charge is 0.484 e. The zero-order valence-corrected chi connectivity index (χ0v) is 16.0. The minimum absolute atomic E-state index is 0.0411. The molecule has 29 heavy (non-hydrogen) atoms. The number of rotatable bonds is 6. The zero-order chi connectivity index (χ0) is 20.8. The summed E-state index contributed by atoms with van der Waals surface area (Å²) in [4.78, 5) is 37.9. The summed E-state index contributed by atoms with van der Waals surface area (Å²) in [6.45, 7) is 4.00. The summed E-state index contributed by atoms with van der Waals surface area (Å²) in [6.07, 6.45) is 0. The van der Waals surface area contributed by atoms with E-state index in [4.69, 9.17) is 4.74 Å². The first kappa shape index (κ1) is 20.1. The molecule has 3 rings (SSSR count). The molecule has 0 atom stereocenters. The van der Waals surface area contributed by atoms with Crippen LogP contribution in [0.4, 0.5) is 17.1 Å². The number of amides is 2. The summed E-state index contributed by atoms with van der Waals surface area (Å²) >= 11 is 0. The Hall–Kier alpha value is -3.62. The van der Waals surface area contributed by atoms with Gasteiger partial charge in [0.2, 0.25) is 5.91 Å². The van der Waals surface area contributed by atoms with Gasteiger partial charge in [0.25, 0.3) is 11.6 Å². The Balaban J connectivity index is 1.58. The van der Waals surface area contributed by atoms with E-state index < -0.39 is 4.92 Å². The average molecular weight is 398 g/mol. The van der Waals surface area contributed by atoms with Gasteiger partial charge in [-0.25, -0.2) is 0 Å². The van der Waals surface area contributed by atoms with Crippen LogP contribution in [0.3, 0.4) is 0 Å². The number of non-ortho nitro benzene ring substituents is 1. The Bertz CT molecular complexity index is 892. The monoisotopic (exact) mass is 398 g/mol. The normalized spacial score (nSPS) is 13.7. The minimum atomic E-state index is -0.496. The Morgan fingerprint density at radius 3 is 2.34 bits per heavy atom. The highest BCUT2D eigenvalue weighted by atomic mass is 16.6. The molecule has 9 heteroatoms. The fraction of sp³-hybridized carbons (Fsp3) is 0.300. The first-order valence-electron chi connectivity index (χ1n) is 9.20. The second-order valence-electron chi connectivity index (χ2n) is 6.60. The van der Waals surface area contributed by atoms with Crippen LogP contribution in [0.2, 0.25) is 0 Å². The standard InChI is InChI=1S/C20H22N4O5/c1-15(25)22-10-12-23(13-11-22)19-5-3-2-4-18(19)21-20(26)14-29-17-8-6-16(7-9-17)24(27)28/h2-9H,10-14H2,1H3,(H,21,26). The van der Waals surface area contributed by atoms with E-state index in [1.54, 1.807) is 11.8 Å². The molecular formula is C20H22N4O5. The molecule has 0 bridgehead atoms. The summed E-state index contributed by atoms with van der Waals surface area (Å²) in [6, 6.07) is 13.0. The number of hydrogen-bond donors (Lipinski definition) is 1. The van der Waals surface area contributed by atoms with Gasteiger partial charge in [-0.2, -0.15) is 0 Å². The Kier molecular flexibility index (Phi) is 6.28. The lowest BCUT2D eigenvalue weighted by Gasteiger charge is -2.36. The number of nitro groups is 1. The molecule has 0 radical (unpaired) electrons. The van der Waals surface area contributed by atoms with E-state index in [2.05, 4.69) is 10.2 Å². The molecule has 152 valence electrons. The second kappa shape index (κ2) is 9.05. The molecule has 1 aliphatic rings. The topological polar surface area (TPSA) is 105 Å². The smallest absolute Gasteiger partial charge is 0.269 e. The molecule has 0 aliphatic carbocycles. The lowest BCUT2D eigenvalue weighted by atomic mass is 10.2. The zero-order valence-electron chi connectivity index (χ0n) is 16.0. The van der Waals surface area contributed by atoms with E-state index in [0.717, 1.165) is 5.69 Å². The van der Waals surface area contributed by atoms with Gasteiger partial charge in [0.15, 0.2) is 6.61 Å². The number of nitrogens with zero attached hydrogens (tertiary/aromatic N) is 3. The number of anilines is 2. The summed E-state index contributed by atoms with van der Waals surface area (Å²) in [5.41, 5.74) is 1.51. The predicted molar refractivity (Wildman–Crippen MR) is 108 cm³/mol. The lowest BCUT2D eigenvalue weighted by Crippen LogP contribution is -2.48. The highest BCUT2D eigenvalue weighted by Gasteiger charge is 2.21. The third-order valence-electron chi connectivity index (χ3n) is 4.66. The van der Waals surface area contributed by atoms with Crippen molar-refractivity contribution in [2.45, 2.75) is 6.92 Å². The van der Waals surface area contributed by atoms with Crippen molar-refractivity contribution in [1.82, 2.24) is 4.90 Å². The van der Waals surface area contributed by atoms with Crippen molar-refractivity contribution in [3.05, 3.63) is 58.6 Å². The third-order valence-corrected chi connectivity index (χ3v) is 4.66. The number of hydrogen-bond acceptors (Lipinski definition) is 6. The van der Waals surface area contributed by atoms with E-state index >= 15 is 0 Å². The number of para-hydroxylation sites is 2. The molecule has 1 saturated heterocycles. The maximum atomic E-state index is 12.3. The van der Waals surface area contributed by atoms with Crippen LogP contribution >= 0.6 is 0 Å². The van der Waals surface area contributed by atoms with E-state index in [0.29, 0.717) is 37.6 Å². The fourth-order valence-corrected chi connectivity index (χ4v) is 3.12. The SMILES string of the molecule is CC(=O)N1CCN(c2ccccc2NC(=O)COc2ccc([N+](=O)[O-])cc2)CC1. The Labute approximate surface area is 168 Å². The Morgan fingerprint density at radius 1 is 1.07 bits per heavy atom.